The van der Waals surface area contributed by atoms with Gasteiger partial charge in [0.25, 0.3) is 0 Å². The molecule has 6 heteroatoms. The van der Waals surface area contributed by atoms with Crippen LogP contribution in [-0.4, -0.2) is 33.3 Å². The fourth-order valence-corrected chi connectivity index (χ4v) is 2.79. The highest BCUT2D eigenvalue weighted by atomic mass is 32.1. The maximum atomic E-state index is 5.32. The molecule has 1 aromatic heterocycles. The normalized spacial score (nSPS) is 11.2. The van der Waals surface area contributed by atoms with Gasteiger partial charge in [-0.05, 0) is 47.9 Å². The highest BCUT2D eigenvalue weighted by Gasteiger charge is 2.06. The van der Waals surface area contributed by atoms with Crippen LogP contribution in [0.2, 0.25) is 0 Å². The molecule has 0 bridgehead atoms. The third-order valence-electron chi connectivity index (χ3n) is 3.24. The third-order valence-corrected chi connectivity index (χ3v) is 3.97. The molecule has 0 saturated carbocycles. The number of anilines is 1. The van der Waals surface area contributed by atoms with Gasteiger partial charge >= 0.3 is 0 Å². The molecule has 124 valence electrons. The number of thiophene rings is 1. The molecule has 2 rings (SSSR count). The molecule has 0 radical (unpaired) electrons. The van der Waals surface area contributed by atoms with Crippen molar-refractivity contribution in [3.8, 4) is 11.5 Å². The Balaban J connectivity index is 2.03. The van der Waals surface area contributed by atoms with Crippen molar-refractivity contribution in [3.63, 3.8) is 0 Å². The van der Waals surface area contributed by atoms with Crippen LogP contribution in [0, 0.1) is 0 Å². The topological polar surface area (TPSA) is 54.9 Å². The Labute approximate surface area is 141 Å². The van der Waals surface area contributed by atoms with E-state index in [0.29, 0.717) is 11.5 Å². The third kappa shape index (κ3) is 5.17. The molecule has 23 heavy (non-hydrogen) atoms. The quantitative estimate of drug-likeness (QED) is 0.602. The van der Waals surface area contributed by atoms with Gasteiger partial charge in [0.05, 0.1) is 14.2 Å². The van der Waals surface area contributed by atoms with Crippen molar-refractivity contribution >= 4 is 23.0 Å². The van der Waals surface area contributed by atoms with Gasteiger partial charge in [-0.2, -0.15) is 11.3 Å². The zero-order chi connectivity index (χ0) is 16.5. The minimum absolute atomic E-state index is 0.687. The SMILES string of the molecule is CCNC(=NCCc1ccsc1)Nc1ccc(OC)c(OC)c1. The van der Waals surface area contributed by atoms with E-state index in [1.165, 1.54) is 5.56 Å². The fourth-order valence-electron chi connectivity index (χ4n) is 2.09. The minimum Gasteiger partial charge on any atom is -0.493 e. The Bertz CT molecular complexity index is 627. The summed E-state index contributed by atoms with van der Waals surface area (Å²) in [5.41, 5.74) is 2.22. The Hall–Kier alpha value is -2.21. The van der Waals surface area contributed by atoms with Gasteiger partial charge in [0.1, 0.15) is 0 Å². The highest BCUT2D eigenvalue weighted by Crippen LogP contribution is 2.29. The van der Waals surface area contributed by atoms with Crippen LogP contribution in [-0.2, 0) is 6.42 Å². The van der Waals surface area contributed by atoms with E-state index in [4.69, 9.17) is 9.47 Å². The number of guanidine groups is 1. The maximum absolute atomic E-state index is 5.32. The molecule has 0 aliphatic heterocycles. The van der Waals surface area contributed by atoms with Crippen LogP contribution >= 0.6 is 11.3 Å². The van der Waals surface area contributed by atoms with E-state index < -0.39 is 0 Å². The van der Waals surface area contributed by atoms with Crippen molar-refractivity contribution in [3.05, 3.63) is 40.6 Å². The number of aliphatic imine (C=N–C) groups is 1. The van der Waals surface area contributed by atoms with Gasteiger partial charge < -0.3 is 20.1 Å². The molecule has 0 fully saturated rings. The van der Waals surface area contributed by atoms with Gasteiger partial charge in [-0.25, -0.2) is 0 Å². The van der Waals surface area contributed by atoms with E-state index in [1.54, 1.807) is 25.6 Å². The van der Waals surface area contributed by atoms with Gasteiger partial charge in [0.2, 0.25) is 0 Å². The average Bonchev–Trinajstić information content (AvgIpc) is 3.08. The average molecular weight is 333 g/mol. The first-order valence-corrected chi connectivity index (χ1v) is 8.49. The van der Waals surface area contributed by atoms with Gasteiger partial charge in [0.15, 0.2) is 17.5 Å². The predicted molar refractivity (Wildman–Crippen MR) is 97.2 cm³/mol. The first kappa shape index (κ1) is 17.1. The molecule has 0 amide bonds. The predicted octanol–water partition coefficient (Wildman–Crippen LogP) is 3.39. The van der Waals surface area contributed by atoms with Crippen molar-refractivity contribution in [1.82, 2.24) is 5.32 Å². The molecule has 1 heterocycles. The van der Waals surface area contributed by atoms with Crippen LogP contribution in [0.4, 0.5) is 5.69 Å². The summed E-state index contributed by atoms with van der Waals surface area (Å²) in [4.78, 5) is 4.61. The lowest BCUT2D eigenvalue weighted by Gasteiger charge is -2.13. The van der Waals surface area contributed by atoms with E-state index >= 15 is 0 Å². The molecule has 5 nitrogen and oxygen atoms in total. The summed E-state index contributed by atoms with van der Waals surface area (Å²) in [6.07, 6.45) is 0.937. The van der Waals surface area contributed by atoms with Gasteiger partial charge in [-0.3, -0.25) is 4.99 Å². The molecule has 2 N–H and O–H groups in total. The van der Waals surface area contributed by atoms with Crippen molar-refractivity contribution in [2.75, 3.05) is 32.6 Å². The molecule has 1 aromatic carbocycles. The molecule has 0 atom stereocenters. The van der Waals surface area contributed by atoms with Crippen LogP contribution in [0.25, 0.3) is 0 Å². The zero-order valence-corrected chi connectivity index (χ0v) is 14.6. The Morgan fingerprint density at radius 3 is 2.65 bits per heavy atom. The zero-order valence-electron chi connectivity index (χ0n) is 13.8. The number of rotatable bonds is 7. The van der Waals surface area contributed by atoms with Crippen LogP contribution in [0.1, 0.15) is 12.5 Å². The van der Waals surface area contributed by atoms with Crippen molar-refractivity contribution in [2.24, 2.45) is 4.99 Å². The summed E-state index contributed by atoms with van der Waals surface area (Å²) in [6.45, 7) is 3.58. The number of nitrogens with zero attached hydrogens (tertiary/aromatic N) is 1. The summed E-state index contributed by atoms with van der Waals surface area (Å²) < 4.78 is 10.6. The second-order valence-electron chi connectivity index (χ2n) is 4.84. The van der Waals surface area contributed by atoms with Crippen molar-refractivity contribution in [2.45, 2.75) is 13.3 Å². The summed E-state index contributed by atoms with van der Waals surface area (Å²) in [5, 5.41) is 10.8. The number of hydrogen-bond acceptors (Lipinski definition) is 4. The second kappa shape index (κ2) is 9.05. The molecule has 0 aliphatic rings. The Kier molecular flexibility index (Phi) is 6.75. The molecule has 0 spiro atoms. The van der Waals surface area contributed by atoms with E-state index in [-0.39, 0.29) is 0 Å². The van der Waals surface area contributed by atoms with Gasteiger partial charge in [-0.15, -0.1) is 0 Å². The lowest BCUT2D eigenvalue weighted by molar-refractivity contribution is 0.355. The van der Waals surface area contributed by atoms with Crippen molar-refractivity contribution in [1.29, 1.82) is 0 Å². The molecule has 2 aromatic rings. The first-order valence-electron chi connectivity index (χ1n) is 7.55. The first-order chi connectivity index (χ1) is 11.3. The lowest BCUT2D eigenvalue weighted by Crippen LogP contribution is -2.30. The highest BCUT2D eigenvalue weighted by molar-refractivity contribution is 7.07. The lowest BCUT2D eigenvalue weighted by atomic mass is 10.2. The van der Waals surface area contributed by atoms with Crippen LogP contribution in [0.15, 0.2) is 40.0 Å². The Morgan fingerprint density at radius 1 is 1.17 bits per heavy atom. The van der Waals surface area contributed by atoms with Crippen molar-refractivity contribution < 1.29 is 9.47 Å². The Morgan fingerprint density at radius 2 is 2.00 bits per heavy atom. The largest absolute Gasteiger partial charge is 0.493 e. The van der Waals surface area contributed by atoms with Gasteiger partial charge in [0, 0.05) is 24.8 Å². The van der Waals surface area contributed by atoms with Crippen LogP contribution in [0.5, 0.6) is 11.5 Å². The van der Waals surface area contributed by atoms with E-state index in [2.05, 4.69) is 32.5 Å². The standard InChI is InChI=1S/C17H23N3O2S/c1-4-18-17(19-9-7-13-8-10-23-12-13)20-14-5-6-15(21-2)16(11-14)22-3/h5-6,8,10-12H,4,7,9H2,1-3H3,(H2,18,19,20). The molecular formula is C17H23N3O2S. The van der Waals surface area contributed by atoms with E-state index in [1.807, 2.05) is 25.1 Å². The van der Waals surface area contributed by atoms with E-state index in [9.17, 15) is 0 Å². The molecule has 0 saturated heterocycles. The fraction of sp³-hybridized carbons (Fsp3) is 0.353. The second-order valence-corrected chi connectivity index (χ2v) is 5.62. The number of hydrogen-bond donors (Lipinski definition) is 2. The minimum atomic E-state index is 0.687. The summed E-state index contributed by atoms with van der Waals surface area (Å²) in [5.74, 6) is 2.15. The summed E-state index contributed by atoms with van der Waals surface area (Å²) in [6, 6.07) is 7.84. The number of methoxy groups -OCH3 is 2. The van der Waals surface area contributed by atoms with Crippen LogP contribution in [0.3, 0.4) is 0 Å². The monoisotopic (exact) mass is 333 g/mol. The number of ether oxygens (including phenoxy) is 2. The van der Waals surface area contributed by atoms with Gasteiger partial charge in [-0.1, -0.05) is 0 Å². The number of benzene rings is 1. The number of nitrogens with one attached hydrogen (secondary N) is 2. The van der Waals surface area contributed by atoms with E-state index in [0.717, 1.165) is 31.2 Å². The molecule has 0 unspecified atom stereocenters. The summed E-state index contributed by atoms with van der Waals surface area (Å²) in [7, 11) is 3.25. The maximum Gasteiger partial charge on any atom is 0.195 e. The van der Waals surface area contributed by atoms with Crippen LogP contribution < -0.4 is 20.1 Å². The smallest absolute Gasteiger partial charge is 0.195 e. The molecular weight excluding hydrogens is 310 g/mol. The molecule has 0 aliphatic carbocycles. The summed E-state index contributed by atoms with van der Waals surface area (Å²) >= 11 is 1.71.